The van der Waals surface area contributed by atoms with Crippen molar-refractivity contribution in [3.8, 4) is 0 Å². The molecule has 4 rings (SSSR count). The summed E-state index contributed by atoms with van der Waals surface area (Å²) < 4.78 is 1.04. The fraction of sp³-hybridized carbons (Fsp3) is 0.125. The maximum absolute atomic E-state index is 13.4. The summed E-state index contributed by atoms with van der Waals surface area (Å²) in [4.78, 5) is 18.1. The zero-order valence-corrected chi connectivity index (χ0v) is 17.4. The number of nitrogens with zero attached hydrogens (tertiary/aromatic N) is 3. The lowest BCUT2D eigenvalue weighted by atomic mass is 10.1. The van der Waals surface area contributed by atoms with Crippen LogP contribution in [0.4, 0.5) is 5.13 Å². The van der Waals surface area contributed by atoms with Crippen LogP contribution in [0.2, 0.25) is 0 Å². The average molecular weight is 400 g/mol. The van der Waals surface area contributed by atoms with Crippen LogP contribution in [0.5, 0.6) is 0 Å². The first kappa shape index (κ1) is 19.0. The summed E-state index contributed by atoms with van der Waals surface area (Å²) in [6.07, 6.45) is 1.69. The predicted octanol–water partition coefficient (Wildman–Crippen LogP) is 5.90. The Balaban J connectivity index is 1.79. The smallest absolute Gasteiger partial charge is 0.267 e. The van der Waals surface area contributed by atoms with Crippen LogP contribution in [0.15, 0.2) is 71.8 Å². The van der Waals surface area contributed by atoms with Crippen LogP contribution >= 0.6 is 11.3 Å². The van der Waals surface area contributed by atoms with Gasteiger partial charge in [0.05, 0.1) is 16.4 Å². The van der Waals surface area contributed by atoms with E-state index in [2.05, 4.69) is 16.2 Å². The van der Waals surface area contributed by atoms with Crippen LogP contribution in [0, 0.1) is 20.8 Å². The highest BCUT2D eigenvalue weighted by Gasteiger charge is 2.22. The zero-order chi connectivity index (χ0) is 20.4. The molecule has 29 heavy (non-hydrogen) atoms. The molecule has 0 saturated carbocycles. The van der Waals surface area contributed by atoms with E-state index in [1.807, 2.05) is 81.4 Å². The number of amides is 1. The van der Waals surface area contributed by atoms with Gasteiger partial charge in [0.15, 0.2) is 0 Å². The number of rotatable bonds is 4. The summed E-state index contributed by atoms with van der Waals surface area (Å²) in [7, 11) is 0. The second-order valence-electron chi connectivity index (χ2n) is 7.06. The van der Waals surface area contributed by atoms with E-state index in [0.717, 1.165) is 32.5 Å². The van der Waals surface area contributed by atoms with Gasteiger partial charge >= 0.3 is 0 Å². The number of hydrogen-bond acceptors (Lipinski definition) is 4. The molecular weight excluding hydrogens is 378 g/mol. The molecule has 144 valence electrons. The second kappa shape index (κ2) is 7.97. The van der Waals surface area contributed by atoms with Crippen LogP contribution in [-0.4, -0.2) is 17.1 Å². The molecule has 4 aromatic rings. The van der Waals surface area contributed by atoms with Crippen LogP contribution in [0.25, 0.3) is 10.2 Å². The predicted molar refractivity (Wildman–Crippen MR) is 121 cm³/mol. The molecule has 0 unspecified atom stereocenters. The van der Waals surface area contributed by atoms with Crippen LogP contribution in [-0.2, 0) is 0 Å². The molecule has 5 heteroatoms. The van der Waals surface area contributed by atoms with Crippen LogP contribution in [0.1, 0.15) is 32.6 Å². The number of aromatic nitrogens is 1. The minimum absolute atomic E-state index is 0.189. The number of carbonyl (C=O) groups excluding carboxylic acids is 1. The number of thiazole rings is 1. The van der Waals surface area contributed by atoms with E-state index in [-0.39, 0.29) is 5.91 Å². The summed E-state index contributed by atoms with van der Waals surface area (Å²) >= 11 is 1.47. The van der Waals surface area contributed by atoms with E-state index in [4.69, 9.17) is 0 Å². The van der Waals surface area contributed by atoms with E-state index in [0.29, 0.717) is 10.7 Å². The molecule has 0 aliphatic carbocycles. The molecule has 0 atom stereocenters. The fourth-order valence-electron chi connectivity index (χ4n) is 3.13. The number of fused-ring (bicyclic) bond motifs is 1. The van der Waals surface area contributed by atoms with Gasteiger partial charge < -0.3 is 0 Å². The number of carbonyl (C=O) groups is 1. The van der Waals surface area contributed by atoms with Crippen molar-refractivity contribution in [2.75, 3.05) is 5.01 Å². The topological polar surface area (TPSA) is 45.6 Å². The quantitative estimate of drug-likeness (QED) is 0.317. The molecule has 0 aliphatic rings. The number of anilines is 1. The third-order valence-electron chi connectivity index (χ3n) is 4.64. The normalized spacial score (nSPS) is 11.3. The van der Waals surface area contributed by atoms with Crippen molar-refractivity contribution in [2.24, 2.45) is 5.10 Å². The van der Waals surface area contributed by atoms with Crippen LogP contribution in [0.3, 0.4) is 0 Å². The first-order valence-electron chi connectivity index (χ1n) is 9.39. The van der Waals surface area contributed by atoms with Gasteiger partial charge in [-0.05, 0) is 55.7 Å². The highest BCUT2D eigenvalue weighted by molar-refractivity contribution is 7.22. The van der Waals surface area contributed by atoms with Gasteiger partial charge in [-0.25, -0.2) is 4.98 Å². The van der Waals surface area contributed by atoms with Crippen molar-refractivity contribution in [1.82, 2.24) is 4.98 Å². The van der Waals surface area contributed by atoms with Gasteiger partial charge in [-0.1, -0.05) is 65.4 Å². The Kier molecular flexibility index (Phi) is 5.23. The standard InChI is InChI=1S/C24H21N3OS/c1-16-9-11-20(18(3)13-16)23(28)27(25-15-19-7-5-4-6-8-19)24-26-21-12-10-17(2)14-22(21)29-24/h4-15H,1-3H3/b25-15+. The Morgan fingerprint density at radius 1 is 0.966 bits per heavy atom. The van der Waals surface area contributed by atoms with Crippen molar-refractivity contribution in [3.63, 3.8) is 0 Å². The largest absolute Gasteiger partial charge is 0.281 e. The summed E-state index contributed by atoms with van der Waals surface area (Å²) in [5.74, 6) is -0.189. The van der Waals surface area contributed by atoms with Gasteiger partial charge in [0.25, 0.3) is 5.91 Å². The average Bonchev–Trinajstić information content (AvgIpc) is 3.11. The number of benzene rings is 3. The van der Waals surface area contributed by atoms with E-state index in [1.165, 1.54) is 16.3 Å². The third kappa shape index (κ3) is 4.10. The summed E-state index contributed by atoms with van der Waals surface area (Å²) in [6, 6.07) is 21.6. The third-order valence-corrected chi connectivity index (χ3v) is 5.63. The molecule has 1 aromatic heterocycles. The summed E-state index contributed by atoms with van der Waals surface area (Å²) in [5.41, 5.74) is 5.61. The lowest BCUT2D eigenvalue weighted by molar-refractivity contribution is 0.0987. The Bertz CT molecular complexity index is 1210. The molecule has 4 nitrogen and oxygen atoms in total. The SMILES string of the molecule is Cc1ccc(C(=O)N(/N=C/c2ccccc2)c2nc3ccc(C)cc3s2)c(C)c1. The maximum Gasteiger partial charge on any atom is 0.281 e. The Hall–Kier alpha value is -3.31. The molecule has 0 radical (unpaired) electrons. The number of hydrogen-bond donors (Lipinski definition) is 0. The van der Waals surface area contributed by atoms with Crippen molar-refractivity contribution in [2.45, 2.75) is 20.8 Å². The molecular formula is C24H21N3OS. The van der Waals surface area contributed by atoms with E-state index >= 15 is 0 Å². The molecule has 0 fully saturated rings. The molecule has 0 bridgehead atoms. The molecule has 0 aliphatic heterocycles. The Morgan fingerprint density at radius 2 is 1.69 bits per heavy atom. The van der Waals surface area contributed by atoms with Gasteiger partial charge in [-0.15, -0.1) is 0 Å². The molecule has 1 amide bonds. The van der Waals surface area contributed by atoms with E-state index in [1.54, 1.807) is 6.21 Å². The van der Waals surface area contributed by atoms with Crippen LogP contribution < -0.4 is 5.01 Å². The molecule has 0 saturated heterocycles. The van der Waals surface area contributed by atoms with Crippen molar-refractivity contribution >= 4 is 38.8 Å². The molecule has 0 spiro atoms. The first-order valence-corrected chi connectivity index (χ1v) is 10.2. The van der Waals surface area contributed by atoms with E-state index in [9.17, 15) is 4.79 Å². The summed E-state index contributed by atoms with van der Waals surface area (Å²) in [5, 5.41) is 6.49. The maximum atomic E-state index is 13.4. The van der Waals surface area contributed by atoms with Gasteiger partial charge in [-0.3, -0.25) is 4.79 Å². The second-order valence-corrected chi connectivity index (χ2v) is 8.07. The Morgan fingerprint density at radius 3 is 2.45 bits per heavy atom. The molecule has 1 heterocycles. The van der Waals surface area contributed by atoms with Gasteiger partial charge in [0, 0.05) is 5.56 Å². The number of aryl methyl sites for hydroxylation is 3. The van der Waals surface area contributed by atoms with Gasteiger partial charge in [0.1, 0.15) is 0 Å². The molecule has 3 aromatic carbocycles. The monoisotopic (exact) mass is 399 g/mol. The fourth-order valence-corrected chi connectivity index (χ4v) is 4.15. The Labute approximate surface area is 174 Å². The van der Waals surface area contributed by atoms with Gasteiger partial charge in [0.2, 0.25) is 5.13 Å². The highest BCUT2D eigenvalue weighted by atomic mass is 32.1. The zero-order valence-electron chi connectivity index (χ0n) is 16.6. The van der Waals surface area contributed by atoms with Gasteiger partial charge in [-0.2, -0.15) is 10.1 Å². The number of hydrazone groups is 1. The highest BCUT2D eigenvalue weighted by Crippen LogP contribution is 2.31. The summed E-state index contributed by atoms with van der Waals surface area (Å²) in [6.45, 7) is 6.01. The first-order chi connectivity index (χ1) is 14.0. The van der Waals surface area contributed by atoms with E-state index < -0.39 is 0 Å². The lowest BCUT2D eigenvalue weighted by Crippen LogP contribution is -2.26. The van der Waals surface area contributed by atoms with Crippen molar-refractivity contribution in [3.05, 3.63) is 94.5 Å². The molecule has 0 N–H and O–H groups in total. The van der Waals surface area contributed by atoms with Crippen molar-refractivity contribution in [1.29, 1.82) is 0 Å². The van der Waals surface area contributed by atoms with Crippen molar-refractivity contribution < 1.29 is 4.79 Å². The minimum atomic E-state index is -0.189. The minimum Gasteiger partial charge on any atom is -0.267 e. The lowest BCUT2D eigenvalue weighted by Gasteiger charge is -2.15.